The van der Waals surface area contributed by atoms with E-state index in [1.165, 1.54) is 5.56 Å². The molecule has 1 aromatic heterocycles. The molecular formula is C20H35N7O. The molecule has 0 saturated carbocycles. The summed E-state index contributed by atoms with van der Waals surface area (Å²) in [6.45, 7) is 4.85. The lowest BCUT2D eigenvalue weighted by Crippen LogP contribution is -2.44. The maximum absolute atomic E-state index is 12.3. The number of hydrogen-bond donors (Lipinski definition) is 1. The highest BCUT2D eigenvalue weighted by Crippen LogP contribution is 2.26. The van der Waals surface area contributed by atoms with Gasteiger partial charge >= 0.3 is 0 Å². The molecule has 0 aromatic carbocycles. The molecule has 1 N–H and O–H groups in total. The average Bonchev–Trinajstić information content (AvgIpc) is 3.41. The van der Waals surface area contributed by atoms with Crippen LogP contribution >= 0.6 is 0 Å². The fourth-order valence-electron chi connectivity index (χ4n) is 4.36. The molecule has 0 bridgehead atoms. The van der Waals surface area contributed by atoms with Crippen molar-refractivity contribution in [3.05, 3.63) is 18.0 Å². The van der Waals surface area contributed by atoms with Gasteiger partial charge in [0.1, 0.15) is 0 Å². The van der Waals surface area contributed by atoms with Crippen molar-refractivity contribution >= 4 is 11.9 Å². The molecule has 2 fully saturated rings. The zero-order chi connectivity index (χ0) is 20.1. The number of likely N-dealkylation sites (tertiary alicyclic amines) is 2. The Kier molecular flexibility index (Phi) is 6.93. The van der Waals surface area contributed by atoms with Crippen LogP contribution in [0.4, 0.5) is 0 Å². The first-order chi connectivity index (χ1) is 13.5. The van der Waals surface area contributed by atoms with Crippen molar-refractivity contribution in [3.63, 3.8) is 0 Å². The van der Waals surface area contributed by atoms with Crippen LogP contribution in [0.5, 0.6) is 0 Å². The van der Waals surface area contributed by atoms with Crippen LogP contribution in [0.15, 0.2) is 17.4 Å². The topological polar surface area (TPSA) is 69.0 Å². The molecule has 8 heteroatoms. The third kappa shape index (κ3) is 4.84. The van der Waals surface area contributed by atoms with Crippen molar-refractivity contribution in [2.75, 3.05) is 53.9 Å². The van der Waals surface area contributed by atoms with Crippen molar-refractivity contribution in [2.45, 2.75) is 37.6 Å². The van der Waals surface area contributed by atoms with Crippen molar-refractivity contribution in [1.82, 2.24) is 29.8 Å². The van der Waals surface area contributed by atoms with Gasteiger partial charge in [-0.05, 0) is 37.8 Å². The molecular weight excluding hydrogens is 354 g/mol. The Morgan fingerprint density at radius 3 is 2.86 bits per heavy atom. The number of aryl methyl sites for hydroxylation is 1. The molecule has 0 aliphatic carbocycles. The molecule has 156 valence electrons. The van der Waals surface area contributed by atoms with Crippen molar-refractivity contribution < 1.29 is 4.79 Å². The van der Waals surface area contributed by atoms with Crippen LogP contribution in [0.2, 0.25) is 0 Å². The zero-order valence-corrected chi connectivity index (χ0v) is 17.8. The van der Waals surface area contributed by atoms with Gasteiger partial charge in [-0.25, -0.2) is 0 Å². The largest absolute Gasteiger partial charge is 0.356 e. The van der Waals surface area contributed by atoms with Crippen LogP contribution in [-0.4, -0.2) is 96.3 Å². The molecule has 0 radical (unpaired) electrons. The van der Waals surface area contributed by atoms with Gasteiger partial charge in [0.15, 0.2) is 5.96 Å². The summed E-state index contributed by atoms with van der Waals surface area (Å²) in [5, 5.41) is 7.81. The van der Waals surface area contributed by atoms with Crippen LogP contribution in [-0.2, 0) is 11.8 Å². The lowest BCUT2D eigenvalue weighted by molar-refractivity contribution is -0.133. The van der Waals surface area contributed by atoms with Crippen LogP contribution < -0.4 is 5.32 Å². The quantitative estimate of drug-likeness (QED) is 0.441. The summed E-state index contributed by atoms with van der Waals surface area (Å²) in [7, 11) is 7.51. The summed E-state index contributed by atoms with van der Waals surface area (Å²) in [4.78, 5) is 23.2. The number of hydrogen-bond acceptors (Lipinski definition) is 4. The minimum atomic E-state index is 0.0631. The predicted octanol–water partition coefficient (Wildman–Crippen LogP) is 0.728. The summed E-state index contributed by atoms with van der Waals surface area (Å²) in [6, 6.07) is 0.0631. The highest BCUT2D eigenvalue weighted by atomic mass is 16.2. The van der Waals surface area contributed by atoms with E-state index in [2.05, 4.69) is 31.4 Å². The van der Waals surface area contributed by atoms with Crippen LogP contribution in [0.1, 0.15) is 37.2 Å². The maximum Gasteiger partial charge on any atom is 0.239 e. The van der Waals surface area contributed by atoms with Gasteiger partial charge in [0.05, 0.1) is 12.2 Å². The third-order valence-corrected chi connectivity index (χ3v) is 5.89. The van der Waals surface area contributed by atoms with Gasteiger partial charge in [0.25, 0.3) is 0 Å². The second-order valence-corrected chi connectivity index (χ2v) is 8.13. The predicted molar refractivity (Wildman–Crippen MR) is 111 cm³/mol. The van der Waals surface area contributed by atoms with Gasteiger partial charge < -0.3 is 15.1 Å². The summed E-state index contributed by atoms with van der Waals surface area (Å²) >= 11 is 0. The average molecular weight is 390 g/mol. The minimum absolute atomic E-state index is 0.0631. The number of aromatic nitrogens is 2. The number of carbonyl (C=O) groups excluding carboxylic acids is 1. The first kappa shape index (κ1) is 20.6. The SMILES string of the molecule is CN=C(NCCCN1CCCC1C(=O)N(C)C)N1CCC(c2cnn(C)c2)C1. The lowest BCUT2D eigenvalue weighted by Gasteiger charge is -2.26. The Morgan fingerprint density at radius 2 is 2.18 bits per heavy atom. The van der Waals surface area contributed by atoms with E-state index in [9.17, 15) is 4.79 Å². The number of rotatable bonds is 6. The van der Waals surface area contributed by atoms with Gasteiger partial charge in [0, 0.05) is 66.5 Å². The third-order valence-electron chi connectivity index (χ3n) is 5.89. The van der Waals surface area contributed by atoms with Crippen LogP contribution in [0.25, 0.3) is 0 Å². The number of nitrogens with zero attached hydrogens (tertiary/aromatic N) is 6. The molecule has 2 saturated heterocycles. The molecule has 2 unspecified atom stereocenters. The number of likely N-dealkylation sites (N-methyl/N-ethyl adjacent to an activating group) is 1. The molecule has 2 aliphatic rings. The summed E-state index contributed by atoms with van der Waals surface area (Å²) in [5.41, 5.74) is 1.31. The molecule has 8 nitrogen and oxygen atoms in total. The Hall–Kier alpha value is -2.09. The second-order valence-electron chi connectivity index (χ2n) is 8.13. The van der Waals surface area contributed by atoms with E-state index in [-0.39, 0.29) is 11.9 Å². The van der Waals surface area contributed by atoms with Gasteiger partial charge in [-0.2, -0.15) is 5.10 Å². The highest BCUT2D eigenvalue weighted by Gasteiger charge is 2.31. The molecule has 0 spiro atoms. The summed E-state index contributed by atoms with van der Waals surface area (Å²) in [5.74, 6) is 1.74. The van der Waals surface area contributed by atoms with Gasteiger partial charge in [0.2, 0.25) is 5.91 Å². The summed E-state index contributed by atoms with van der Waals surface area (Å²) in [6.07, 6.45) is 8.33. The molecule has 1 amide bonds. The lowest BCUT2D eigenvalue weighted by atomic mass is 10.0. The van der Waals surface area contributed by atoms with Gasteiger partial charge in [-0.15, -0.1) is 0 Å². The Labute approximate surface area is 168 Å². The molecule has 2 atom stereocenters. The Morgan fingerprint density at radius 1 is 1.36 bits per heavy atom. The van der Waals surface area contributed by atoms with E-state index >= 15 is 0 Å². The van der Waals surface area contributed by atoms with E-state index in [4.69, 9.17) is 0 Å². The molecule has 28 heavy (non-hydrogen) atoms. The fourth-order valence-corrected chi connectivity index (χ4v) is 4.36. The van der Waals surface area contributed by atoms with Gasteiger partial charge in [-0.1, -0.05) is 0 Å². The minimum Gasteiger partial charge on any atom is -0.356 e. The first-order valence-electron chi connectivity index (χ1n) is 10.4. The maximum atomic E-state index is 12.3. The van der Waals surface area contributed by atoms with Crippen molar-refractivity contribution in [3.8, 4) is 0 Å². The van der Waals surface area contributed by atoms with Crippen molar-refractivity contribution in [2.24, 2.45) is 12.0 Å². The Balaban J connectivity index is 1.42. The van der Waals surface area contributed by atoms with E-state index in [0.717, 1.165) is 64.4 Å². The normalized spacial score (nSPS) is 23.4. The van der Waals surface area contributed by atoms with E-state index in [0.29, 0.717) is 5.92 Å². The first-order valence-corrected chi connectivity index (χ1v) is 10.4. The number of aliphatic imine (C=N–C) groups is 1. The van der Waals surface area contributed by atoms with Crippen LogP contribution in [0.3, 0.4) is 0 Å². The van der Waals surface area contributed by atoms with E-state index < -0.39 is 0 Å². The zero-order valence-electron chi connectivity index (χ0n) is 17.8. The number of carbonyl (C=O) groups is 1. The standard InChI is InChI=1S/C20H35N7O/c1-21-20(27-12-8-16(15-27)17-13-23-25(4)14-17)22-9-6-11-26-10-5-7-18(26)19(28)24(2)3/h13-14,16,18H,5-12,15H2,1-4H3,(H,21,22). The molecule has 1 aromatic rings. The molecule has 2 aliphatic heterocycles. The summed E-state index contributed by atoms with van der Waals surface area (Å²) < 4.78 is 1.87. The highest BCUT2D eigenvalue weighted by molar-refractivity contribution is 5.81. The van der Waals surface area contributed by atoms with E-state index in [1.807, 2.05) is 39.1 Å². The van der Waals surface area contributed by atoms with E-state index in [1.54, 1.807) is 4.90 Å². The number of amides is 1. The van der Waals surface area contributed by atoms with Crippen molar-refractivity contribution in [1.29, 1.82) is 0 Å². The van der Waals surface area contributed by atoms with Crippen LogP contribution in [0, 0.1) is 0 Å². The number of guanidine groups is 1. The monoisotopic (exact) mass is 389 g/mol. The molecule has 3 rings (SSSR count). The molecule has 3 heterocycles. The Bertz CT molecular complexity index is 684. The fraction of sp³-hybridized carbons (Fsp3) is 0.750. The second kappa shape index (κ2) is 9.41. The number of nitrogens with one attached hydrogen (secondary N) is 1. The van der Waals surface area contributed by atoms with Gasteiger partial charge in [-0.3, -0.25) is 19.4 Å². The smallest absolute Gasteiger partial charge is 0.239 e.